The normalized spacial score (nSPS) is 4.57. The first kappa shape index (κ1) is 9.25. The molecule has 0 unspecified atom stereocenters. The third kappa shape index (κ3) is 25.5. The first-order valence-corrected chi connectivity index (χ1v) is 1.49. The predicted molar refractivity (Wildman–Crippen MR) is 28.5 cm³/mol. The lowest BCUT2D eigenvalue weighted by atomic mass is 11.0. The van der Waals surface area contributed by atoms with Gasteiger partial charge in [-0.25, -0.2) is 4.79 Å². The van der Waals surface area contributed by atoms with Crippen LogP contribution in [0.15, 0.2) is 18.9 Å². The van der Waals surface area contributed by atoms with Gasteiger partial charge in [0.1, 0.15) is 0 Å². The number of urea groups is 1. The van der Waals surface area contributed by atoms with Crippen LogP contribution in [0.25, 0.3) is 0 Å². The van der Waals surface area contributed by atoms with Crippen LogP contribution in [0.1, 0.15) is 0 Å². The van der Waals surface area contributed by atoms with Crippen molar-refractivity contribution in [1.82, 2.24) is 0 Å². The van der Waals surface area contributed by atoms with E-state index in [0.717, 1.165) is 0 Å². The molecule has 0 saturated carbocycles. The fraction of sp³-hybridized carbons (Fsp3) is 0. The van der Waals surface area contributed by atoms with Crippen molar-refractivity contribution >= 4 is 6.03 Å². The molecule has 4 N–H and O–H groups in total. The van der Waals surface area contributed by atoms with E-state index in [9.17, 15) is 0 Å². The maximum absolute atomic E-state index is 9.00. The van der Waals surface area contributed by atoms with Crippen molar-refractivity contribution in [3.05, 3.63) is 18.9 Å². The Morgan fingerprint density at radius 3 is 1.43 bits per heavy atom. The molecule has 0 rings (SSSR count). The standard InChI is InChI=1S/C3H4.CH4N2O/c1-3-2;2-1(3)4/h1-2H2;(H4,2,3,4). The molecular weight excluding hydrogens is 92.1 g/mol. The Kier molecular flexibility index (Phi) is 11.7. The molecule has 0 aliphatic rings. The minimum atomic E-state index is -0.833. The Balaban J connectivity index is 0. The first-order valence-electron chi connectivity index (χ1n) is 1.49. The summed E-state index contributed by atoms with van der Waals surface area (Å²) in [6.45, 7) is 6.25. The SMILES string of the molecule is C=C=C.NC(N)=O. The number of hydrogen-bond donors (Lipinski definition) is 2. The van der Waals surface area contributed by atoms with Crippen molar-refractivity contribution < 1.29 is 4.79 Å². The fourth-order valence-corrected chi connectivity index (χ4v) is 0. The fourth-order valence-electron chi connectivity index (χ4n) is 0. The van der Waals surface area contributed by atoms with Gasteiger partial charge >= 0.3 is 6.03 Å². The molecule has 2 amide bonds. The van der Waals surface area contributed by atoms with E-state index in [1.165, 1.54) is 0 Å². The number of rotatable bonds is 0. The van der Waals surface area contributed by atoms with Gasteiger partial charge in [-0.3, -0.25) is 0 Å². The average molecular weight is 100 g/mol. The highest BCUT2D eigenvalue weighted by atomic mass is 16.2. The summed E-state index contributed by atoms with van der Waals surface area (Å²) in [5, 5.41) is 0. The number of nitrogens with two attached hydrogens (primary N) is 2. The monoisotopic (exact) mass is 100 g/mol. The number of amides is 2. The van der Waals surface area contributed by atoms with Crippen molar-refractivity contribution in [3.63, 3.8) is 0 Å². The molecule has 3 heteroatoms. The summed E-state index contributed by atoms with van der Waals surface area (Å²) in [5.74, 6) is 0. The third-order valence-corrected chi connectivity index (χ3v) is 0. The van der Waals surface area contributed by atoms with Crippen LogP contribution in [-0.2, 0) is 0 Å². The number of hydrogen-bond acceptors (Lipinski definition) is 1. The largest absolute Gasteiger partial charge is 0.352 e. The smallest absolute Gasteiger partial charge is 0.309 e. The van der Waals surface area contributed by atoms with Gasteiger partial charge in [-0.05, 0) is 0 Å². The van der Waals surface area contributed by atoms with Gasteiger partial charge in [0.05, 0.1) is 0 Å². The van der Waals surface area contributed by atoms with Crippen molar-refractivity contribution in [2.24, 2.45) is 11.5 Å². The quantitative estimate of drug-likeness (QED) is 0.413. The molecule has 3 nitrogen and oxygen atoms in total. The summed E-state index contributed by atoms with van der Waals surface area (Å²) >= 11 is 0. The van der Waals surface area contributed by atoms with Crippen LogP contribution in [0, 0.1) is 0 Å². The maximum Gasteiger partial charge on any atom is 0.309 e. The lowest BCUT2D eigenvalue weighted by Gasteiger charge is -1.62. The van der Waals surface area contributed by atoms with E-state index in [1.54, 1.807) is 0 Å². The van der Waals surface area contributed by atoms with E-state index in [0.29, 0.717) is 0 Å². The van der Waals surface area contributed by atoms with E-state index < -0.39 is 6.03 Å². The summed E-state index contributed by atoms with van der Waals surface area (Å²) in [4.78, 5) is 9.00. The van der Waals surface area contributed by atoms with E-state index in [-0.39, 0.29) is 0 Å². The molecule has 0 radical (unpaired) electrons. The van der Waals surface area contributed by atoms with E-state index >= 15 is 0 Å². The average Bonchev–Trinajstić information content (AvgIpc) is 1.33. The molecular formula is C4H8N2O. The van der Waals surface area contributed by atoms with E-state index in [1.807, 2.05) is 0 Å². The lowest BCUT2D eigenvalue weighted by Crippen LogP contribution is -2.18. The second-order valence-electron chi connectivity index (χ2n) is 0.652. The second-order valence-corrected chi connectivity index (χ2v) is 0.652. The van der Waals surface area contributed by atoms with Crippen LogP contribution in [0.4, 0.5) is 4.79 Å². The lowest BCUT2D eigenvalue weighted by molar-refractivity contribution is 0.256. The second kappa shape index (κ2) is 8.84. The molecule has 0 heterocycles. The Morgan fingerprint density at radius 1 is 1.43 bits per heavy atom. The van der Waals surface area contributed by atoms with Gasteiger partial charge in [-0.1, -0.05) is 13.2 Å². The maximum atomic E-state index is 9.00. The summed E-state index contributed by atoms with van der Waals surface area (Å²) in [5.41, 5.74) is 10.8. The summed E-state index contributed by atoms with van der Waals surface area (Å²) in [6, 6.07) is -0.833. The van der Waals surface area contributed by atoms with Crippen molar-refractivity contribution in [3.8, 4) is 0 Å². The van der Waals surface area contributed by atoms with Gasteiger partial charge in [0.2, 0.25) is 0 Å². The Hall–Kier alpha value is -1.21. The predicted octanol–water partition coefficient (Wildman–Crippen LogP) is -0.0189. The van der Waals surface area contributed by atoms with E-state index in [2.05, 4.69) is 30.4 Å². The zero-order valence-corrected chi connectivity index (χ0v) is 3.98. The highest BCUT2D eigenvalue weighted by molar-refractivity contribution is 5.69. The van der Waals surface area contributed by atoms with Gasteiger partial charge in [0.25, 0.3) is 0 Å². The molecule has 0 fully saturated rings. The van der Waals surface area contributed by atoms with Gasteiger partial charge in [-0.2, -0.15) is 0 Å². The minimum absolute atomic E-state index is 0.833. The van der Waals surface area contributed by atoms with Crippen molar-refractivity contribution in [1.29, 1.82) is 0 Å². The molecule has 0 aromatic heterocycles. The van der Waals surface area contributed by atoms with Crippen LogP contribution < -0.4 is 11.5 Å². The Morgan fingerprint density at radius 2 is 1.43 bits per heavy atom. The molecule has 0 aromatic rings. The van der Waals surface area contributed by atoms with Gasteiger partial charge in [0, 0.05) is 0 Å². The van der Waals surface area contributed by atoms with Crippen molar-refractivity contribution in [2.45, 2.75) is 0 Å². The molecule has 7 heavy (non-hydrogen) atoms. The Labute approximate surface area is 42.3 Å². The van der Waals surface area contributed by atoms with E-state index in [4.69, 9.17) is 4.79 Å². The summed E-state index contributed by atoms with van der Waals surface area (Å²) in [7, 11) is 0. The van der Waals surface area contributed by atoms with Crippen LogP contribution in [0.5, 0.6) is 0 Å². The first-order chi connectivity index (χ1) is 3.15. The summed E-state index contributed by atoms with van der Waals surface area (Å²) in [6.07, 6.45) is 0. The zero-order chi connectivity index (χ0) is 6.28. The Bertz CT molecular complexity index is 77.7. The van der Waals surface area contributed by atoms with Gasteiger partial charge < -0.3 is 11.5 Å². The number of carbonyl (C=O) groups is 1. The molecule has 40 valence electrons. The molecule has 0 bridgehead atoms. The van der Waals surface area contributed by atoms with Crippen molar-refractivity contribution in [2.75, 3.05) is 0 Å². The van der Waals surface area contributed by atoms with Crippen LogP contribution in [0.2, 0.25) is 0 Å². The summed E-state index contributed by atoms with van der Waals surface area (Å²) < 4.78 is 0. The molecule has 0 spiro atoms. The molecule has 0 aliphatic carbocycles. The number of primary amides is 2. The minimum Gasteiger partial charge on any atom is -0.352 e. The molecule has 0 aromatic carbocycles. The van der Waals surface area contributed by atoms with Crippen LogP contribution >= 0.6 is 0 Å². The number of carbonyl (C=O) groups excluding carboxylic acids is 1. The zero-order valence-electron chi connectivity index (χ0n) is 3.98. The van der Waals surface area contributed by atoms with Gasteiger partial charge in [-0.15, -0.1) is 5.73 Å². The highest BCUT2D eigenvalue weighted by Gasteiger charge is 1.60. The van der Waals surface area contributed by atoms with Gasteiger partial charge in [0.15, 0.2) is 0 Å². The third-order valence-electron chi connectivity index (χ3n) is 0. The van der Waals surface area contributed by atoms with Crippen LogP contribution in [-0.4, -0.2) is 6.03 Å². The molecule has 0 saturated heterocycles. The topological polar surface area (TPSA) is 69.1 Å². The van der Waals surface area contributed by atoms with Crippen LogP contribution in [0.3, 0.4) is 0 Å². The molecule has 0 atom stereocenters. The highest BCUT2D eigenvalue weighted by Crippen LogP contribution is 1.25. The molecule has 0 aliphatic heterocycles.